The van der Waals surface area contributed by atoms with Crippen molar-refractivity contribution in [1.29, 1.82) is 0 Å². The highest BCUT2D eigenvalue weighted by Gasteiger charge is 2.14. The highest BCUT2D eigenvalue weighted by Crippen LogP contribution is 2.09. The summed E-state index contributed by atoms with van der Waals surface area (Å²) >= 11 is 0. The second-order valence-corrected chi connectivity index (χ2v) is 5.18. The van der Waals surface area contributed by atoms with Crippen LogP contribution in [0.3, 0.4) is 0 Å². The Morgan fingerprint density at radius 1 is 0.944 bits per heavy atom. The molecule has 0 N–H and O–H groups in total. The molecule has 1 aliphatic rings. The molecule has 0 aliphatic carbocycles. The molecule has 1 aliphatic heterocycles. The van der Waals surface area contributed by atoms with Gasteiger partial charge in [-0.3, -0.25) is 4.79 Å². The van der Waals surface area contributed by atoms with Gasteiger partial charge in [-0.1, -0.05) is 36.8 Å². The van der Waals surface area contributed by atoms with Gasteiger partial charge in [-0.15, -0.1) is 0 Å². The molecule has 1 aromatic rings. The van der Waals surface area contributed by atoms with Crippen LogP contribution < -0.4 is 0 Å². The summed E-state index contributed by atoms with van der Waals surface area (Å²) in [5.41, 5.74) is 1.45. The summed E-state index contributed by atoms with van der Waals surface area (Å²) in [6.45, 7) is 3.14. The van der Waals surface area contributed by atoms with E-state index >= 15 is 0 Å². The van der Waals surface area contributed by atoms with E-state index in [4.69, 9.17) is 0 Å². The van der Waals surface area contributed by atoms with Crippen LogP contribution in [0.5, 0.6) is 0 Å². The highest BCUT2D eigenvalue weighted by molar-refractivity contribution is 5.79. The van der Waals surface area contributed by atoms with Crippen molar-refractivity contribution < 1.29 is 4.79 Å². The van der Waals surface area contributed by atoms with Gasteiger partial charge in [-0.05, 0) is 31.4 Å². The summed E-state index contributed by atoms with van der Waals surface area (Å²) < 4.78 is 0. The van der Waals surface area contributed by atoms with Crippen LogP contribution in [0.1, 0.15) is 37.7 Å². The first-order valence-corrected chi connectivity index (χ1v) is 7.12. The molecule has 1 heterocycles. The summed E-state index contributed by atoms with van der Waals surface area (Å²) in [6.07, 6.45) is 6.56. The third-order valence-electron chi connectivity index (χ3n) is 3.70. The largest absolute Gasteiger partial charge is 0.302 e. The Kier molecular flexibility index (Phi) is 5.40. The molecule has 0 amide bonds. The molecule has 1 aromatic carbocycles. The maximum atomic E-state index is 11.1. The molecule has 0 bridgehead atoms. The van der Waals surface area contributed by atoms with Crippen LogP contribution in [0.4, 0.5) is 0 Å². The molecular weight excluding hydrogens is 222 g/mol. The van der Waals surface area contributed by atoms with Gasteiger partial charge >= 0.3 is 0 Å². The SMILES string of the molecule is O=C1CCN(CCCCCc2ccccc2)CC1. The molecule has 0 atom stereocenters. The minimum Gasteiger partial charge on any atom is -0.302 e. The molecule has 2 heteroatoms. The molecule has 2 nitrogen and oxygen atoms in total. The van der Waals surface area contributed by atoms with Crippen molar-refractivity contribution in [3.8, 4) is 0 Å². The van der Waals surface area contributed by atoms with Gasteiger partial charge in [0.1, 0.15) is 5.78 Å². The van der Waals surface area contributed by atoms with Gasteiger partial charge in [0, 0.05) is 25.9 Å². The van der Waals surface area contributed by atoms with Crippen LogP contribution in [-0.2, 0) is 11.2 Å². The predicted molar refractivity (Wildman–Crippen MR) is 74.7 cm³/mol. The number of hydrogen-bond acceptors (Lipinski definition) is 2. The van der Waals surface area contributed by atoms with Gasteiger partial charge in [0.15, 0.2) is 0 Å². The van der Waals surface area contributed by atoms with Crippen molar-refractivity contribution in [3.63, 3.8) is 0 Å². The summed E-state index contributed by atoms with van der Waals surface area (Å²) in [4.78, 5) is 13.5. The van der Waals surface area contributed by atoms with E-state index in [1.165, 1.54) is 37.8 Å². The fraction of sp³-hybridized carbons (Fsp3) is 0.562. The Balaban J connectivity index is 1.52. The van der Waals surface area contributed by atoms with E-state index in [-0.39, 0.29) is 0 Å². The van der Waals surface area contributed by atoms with E-state index in [1.807, 2.05) is 0 Å². The van der Waals surface area contributed by atoms with E-state index in [0.29, 0.717) is 5.78 Å². The molecule has 2 rings (SSSR count). The molecule has 0 radical (unpaired) electrons. The first-order chi connectivity index (χ1) is 8.84. The molecule has 98 valence electrons. The summed E-state index contributed by atoms with van der Waals surface area (Å²) in [5.74, 6) is 0.440. The Bertz CT molecular complexity index is 351. The van der Waals surface area contributed by atoms with Crippen molar-refractivity contribution >= 4 is 5.78 Å². The number of unbranched alkanes of at least 4 members (excludes halogenated alkanes) is 2. The lowest BCUT2D eigenvalue weighted by Crippen LogP contribution is -2.34. The number of nitrogens with zero attached hydrogens (tertiary/aromatic N) is 1. The molecule has 0 unspecified atom stereocenters. The van der Waals surface area contributed by atoms with Gasteiger partial charge in [0.25, 0.3) is 0 Å². The van der Waals surface area contributed by atoms with Crippen LogP contribution in [0.2, 0.25) is 0 Å². The lowest BCUT2D eigenvalue weighted by atomic mass is 10.1. The molecule has 0 saturated carbocycles. The second kappa shape index (κ2) is 7.32. The van der Waals surface area contributed by atoms with Crippen LogP contribution in [-0.4, -0.2) is 30.3 Å². The average Bonchev–Trinajstić information content (AvgIpc) is 2.42. The third kappa shape index (κ3) is 4.61. The number of aryl methyl sites for hydroxylation is 1. The predicted octanol–water partition coefficient (Wildman–Crippen LogP) is 3.06. The Labute approximate surface area is 110 Å². The smallest absolute Gasteiger partial charge is 0.135 e. The van der Waals surface area contributed by atoms with Crippen LogP contribution in [0.25, 0.3) is 0 Å². The van der Waals surface area contributed by atoms with Crippen molar-refractivity contribution in [2.24, 2.45) is 0 Å². The summed E-state index contributed by atoms with van der Waals surface area (Å²) in [5, 5.41) is 0. The van der Waals surface area contributed by atoms with E-state index < -0.39 is 0 Å². The number of ketones is 1. The van der Waals surface area contributed by atoms with Crippen molar-refractivity contribution in [1.82, 2.24) is 4.90 Å². The zero-order valence-electron chi connectivity index (χ0n) is 11.1. The Morgan fingerprint density at radius 2 is 1.67 bits per heavy atom. The molecule has 0 aromatic heterocycles. The number of Topliss-reactive ketones (excluding diaryl/α,β-unsaturated/α-hetero) is 1. The van der Waals surface area contributed by atoms with Crippen LogP contribution >= 0.6 is 0 Å². The Morgan fingerprint density at radius 3 is 2.39 bits per heavy atom. The number of likely N-dealkylation sites (tertiary alicyclic amines) is 1. The lowest BCUT2D eigenvalue weighted by molar-refractivity contribution is -0.121. The number of rotatable bonds is 6. The van der Waals surface area contributed by atoms with Crippen molar-refractivity contribution in [2.45, 2.75) is 38.5 Å². The van der Waals surface area contributed by atoms with Gasteiger partial charge in [0.05, 0.1) is 0 Å². The van der Waals surface area contributed by atoms with Crippen molar-refractivity contribution in [2.75, 3.05) is 19.6 Å². The van der Waals surface area contributed by atoms with Gasteiger partial charge in [0.2, 0.25) is 0 Å². The van der Waals surface area contributed by atoms with E-state index in [9.17, 15) is 4.79 Å². The van der Waals surface area contributed by atoms with Gasteiger partial charge in [-0.25, -0.2) is 0 Å². The fourth-order valence-electron chi connectivity index (χ4n) is 2.51. The molecule has 1 fully saturated rings. The average molecular weight is 245 g/mol. The maximum absolute atomic E-state index is 11.1. The summed E-state index contributed by atoms with van der Waals surface area (Å²) in [6, 6.07) is 10.7. The second-order valence-electron chi connectivity index (χ2n) is 5.18. The molecule has 1 saturated heterocycles. The minimum absolute atomic E-state index is 0.440. The summed E-state index contributed by atoms with van der Waals surface area (Å²) in [7, 11) is 0. The normalized spacial score (nSPS) is 17.0. The van der Waals surface area contributed by atoms with Gasteiger partial charge in [-0.2, -0.15) is 0 Å². The number of carbonyl (C=O) groups is 1. The van der Waals surface area contributed by atoms with Crippen molar-refractivity contribution in [3.05, 3.63) is 35.9 Å². The van der Waals surface area contributed by atoms with Crippen LogP contribution in [0.15, 0.2) is 30.3 Å². The van der Waals surface area contributed by atoms with E-state index in [2.05, 4.69) is 35.2 Å². The zero-order valence-corrected chi connectivity index (χ0v) is 11.1. The minimum atomic E-state index is 0.440. The fourth-order valence-corrected chi connectivity index (χ4v) is 2.51. The maximum Gasteiger partial charge on any atom is 0.135 e. The standard InChI is InChI=1S/C16H23NO/c18-16-10-13-17(14-11-16)12-6-2-5-9-15-7-3-1-4-8-15/h1,3-4,7-8H,2,5-6,9-14H2. The zero-order chi connectivity index (χ0) is 12.6. The Hall–Kier alpha value is -1.15. The molecule has 18 heavy (non-hydrogen) atoms. The third-order valence-corrected chi connectivity index (χ3v) is 3.70. The van der Waals surface area contributed by atoms with E-state index in [1.54, 1.807) is 0 Å². The number of piperidine rings is 1. The molecule has 0 spiro atoms. The first-order valence-electron chi connectivity index (χ1n) is 7.12. The monoisotopic (exact) mass is 245 g/mol. The van der Waals surface area contributed by atoms with Gasteiger partial charge < -0.3 is 4.90 Å². The quantitative estimate of drug-likeness (QED) is 0.718. The molecular formula is C16H23NO. The first kappa shape index (κ1) is 13.3. The topological polar surface area (TPSA) is 20.3 Å². The lowest BCUT2D eigenvalue weighted by Gasteiger charge is -2.25. The van der Waals surface area contributed by atoms with E-state index in [0.717, 1.165) is 25.9 Å². The number of hydrogen-bond donors (Lipinski definition) is 0. The number of carbonyl (C=O) groups excluding carboxylic acids is 1. The highest BCUT2D eigenvalue weighted by atomic mass is 16.1. The van der Waals surface area contributed by atoms with Crippen LogP contribution in [0, 0.1) is 0 Å². The number of benzene rings is 1.